The summed E-state index contributed by atoms with van der Waals surface area (Å²) in [7, 11) is 1.83. The van der Waals surface area contributed by atoms with Crippen molar-refractivity contribution in [2.75, 3.05) is 26.7 Å². The van der Waals surface area contributed by atoms with Gasteiger partial charge in [-0.3, -0.25) is 9.79 Å². The topological polar surface area (TPSA) is 56.7 Å². The number of hydrogen-bond acceptors (Lipinski definition) is 2. The van der Waals surface area contributed by atoms with E-state index in [1.807, 2.05) is 18.9 Å². The Kier molecular flexibility index (Phi) is 8.64. The molecule has 23 heavy (non-hydrogen) atoms. The molecule has 1 atom stereocenters. The van der Waals surface area contributed by atoms with E-state index in [1.54, 1.807) is 0 Å². The SMILES string of the molecule is CCC(=O)N1CCC(NC(=NC)NCC2(CC)CCCC2)C1.I. The van der Waals surface area contributed by atoms with Gasteiger partial charge in [-0.05, 0) is 31.1 Å². The molecule has 1 aliphatic heterocycles. The molecule has 2 N–H and O–H groups in total. The zero-order chi connectivity index (χ0) is 16.0. The van der Waals surface area contributed by atoms with Crippen LogP contribution in [0.2, 0.25) is 0 Å². The Bertz CT molecular complexity index is 407. The molecule has 6 heteroatoms. The molecule has 0 aromatic heterocycles. The van der Waals surface area contributed by atoms with Gasteiger partial charge in [0.05, 0.1) is 0 Å². The van der Waals surface area contributed by atoms with Crippen molar-refractivity contribution < 1.29 is 4.79 Å². The Balaban J connectivity index is 0.00000264. The Morgan fingerprint density at radius 2 is 2.00 bits per heavy atom. The highest BCUT2D eigenvalue weighted by Crippen LogP contribution is 2.40. The summed E-state index contributed by atoms with van der Waals surface area (Å²) in [6.07, 6.45) is 8.21. The van der Waals surface area contributed by atoms with Crippen LogP contribution < -0.4 is 10.6 Å². The van der Waals surface area contributed by atoms with Gasteiger partial charge in [0.15, 0.2) is 5.96 Å². The fraction of sp³-hybridized carbons (Fsp3) is 0.882. The molecule has 1 unspecified atom stereocenters. The average Bonchev–Trinajstić information content (AvgIpc) is 3.20. The molecule has 1 saturated carbocycles. The quantitative estimate of drug-likeness (QED) is 0.396. The van der Waals surface area contributed by atoms with Gasteiger partial charge in [-0.25, -0.2) is 0 Å². The average molecular weight is 436 g/mol. The van der Waals surface area contributed by atoms with Crippen LogP contribution in [0.15, 0.2) is 4.99 Å². The van der Waals surface area contributed by atoms with E-state index in [2.05, 4.69) is 22.5 Å². The van der Waals surface area contributed by atoms with Crippen molar-refractivity contribution in [2.24, 2.45) is 10.4 Å². The van der Waals surface area contributed by atoms with Gasteiger partial charge < -0.3 is 15.5 Å². The number of carbonyl (C=O) groups is 1. The lowest BCUT2D eigenvalue weighted by Crippen LogP contribution is -2.47. The van der Waals surface area contributed by atoms with Crippen molar-refractivity contribution in [1.82, 2.24) is 15.5 Å². The number of aliphatic imine (C=N–C) groups is 1. The maximum atomic E-state index is 11.7. The molecular weight excluding hydrogens is 403 g/mol. The van der Waals surface area contributed by atoms with Gasteiger partial charge in [0.25, 0.3) is 0 Å². The van der Waals surface area contributed by atoms with E-state index in [1.165, 1.54) is 32.1 Å². The molecule has 0 aromatic rings. The van der Waals surface area contributed by atoms with Crippen molar-refractivity contribution in [3.63, 3.8) is 0 Å². The smallest absolute Gasteiger partial charge is 0.222 e. The number of carbonyl (C=O) groups excluding carboxylic acids is 1. The van der Waals surface area contributed by atoms with Gasteiger partial charge in [0.1, 0.15) is 0 Å². The molecule has 1 heterocycles. The number of guanidine groups is 1. The predicted molar refractivity (Wildman–Crippen MR) is 106 cm³/mol. The van der Waals surface area contributed by atoms with Gasteiger partial charge in [-0.1, -0.05) is 26.7 Å². The van der Waals surface area contributed by atoms with Gasteiger partial charge in [-0.2, -0.15) is 0 Å². The Morgan fingerprint density at radius 3 is 2.57 bits per heavy atom. The third kappa shape index (κ3) is 5.50. The number of nitrogens with one attached hydrogen (secondary N) is 2. The lowest BCUT2D eigenvalue weighted by atomic mass is 9.83. The molecule has 0 bridgehead atoms. The summed E-state index contributed by atoms with van der Waals surface area (Å²) >= 11 is 0. The van der Waals surface area contributed by atoms with E-state index in [9.17, 15) is 4.79 Å². The molecule has 5 nitrogen and oxygen atoms in total. The van der Waals surface area contributed by atoms with E-state index >= 15 is 0 Å². The second-order valence-corrected chi connectivity index (χ2v) is 6.81. The first kappa shape index (κ1) is 20.5. The van der Waals surface area contributed by atoms with E-state index < -0.39 is 0 Å². The summed E-state index contributed by atoms with van der Waals surface area (Å²) in [5.41, 5.74) is 0.456. The maximum absolute atomic E-state index is 11.7. The van der Waals surface area contributed by atoms with Gasteiger partial charge in [-0.15, -0.1) is 24.0 Å². The second-order valence-electron chi connectivity index (χ2n) is 6.81. The first-order valence-electron chi connectivity index (χ1n) is 8.87. The minimum atomic E-state index is 0. The Morgan fingerprint density at radius 1 is 1.30 bits per heavy atom. The number of amides is 1. The Labute approximate surface area is 158 Å². The van der Waals surface area contributed by atoms with Gasteiger partial charge in [0.2, 0.25) is 5.91 Å². The highest BCUT2D eigenvalue weighted by molar-refractivity contribution is 14.0. The van der Waals surface area contributed by atoms with Crippen molar-refractivity contribution in [3.8, 4) is 0 Å². The van der Waals surface area contributed by atoms with Crippen LogP contribution in [0.1, 0.15) is 58.8 Å². The van der Waals surface area contributed by atoms with Crippen LogP contribution in [-0.2, 0) is 4.79 Å². The molecule has 2 aliphatic rings. The summed E-state index contributed by atoms with van der Waals surface area (Å²) < 4.78 is 0. The number of hydrogen-bond donors (Lipinski definition) is 2. The molecule has 134 valence electrons. The standard InChI is InChI=1S/C17H32N4O.HI/c1-4-15(22)21-11-8-14(12-21)20-16(18-3)19-13-17(5-2)9-6-7-10-17;/h14H,4-13H2,1-3H3,(H2,18,19,20);1H. The number of nitrogens with zero attached hydrogens (tertiary/aromatic N) is 2. The molecule has 1 saturated heterocycles. The van der Waals surface area contributed by atoms with Crippen LogP contribution in [0.4, 0.5) is 0 Å². The van der Waals surface area contributed by atoms with Crippen LogP contribution in [0.3, 0.4) is 0 Å². The largest absolute Gasteiger partial charge is 0.356 e. The molecule has 1 amide bonds. The Hall–Kier alpha value is -0.530. The highest BCUT2D eigenvalue weighted by atomic mass is 127. The molecule has 0 aromatic carbocycles. The van der Waals surface area contributed by atoms with Crippen LogP contribution in [0.5, 0.6) is 0 Å². The fourth-order valence-electron chi connectivity index (χ4n) is 3.77. The zero-order valence-electron chi connectivity index (χ0n) is 14.9. The van der Waals surface area contributed by atoms with E-state index in [-0.39, 0.29) is 29.9 Å². The van der Waals surface area contributed by atoms with E-state index in [0.717, 1.165) is 32.0 Å². The van der Waals surface area contributed by atoms with Crippen LogP contribution in [0.25, 0.3) is 0 Å². The zero-order valence-corrected chi connectivity index (χ0v) is 17.2. The van der Waals surface area contributed by atoms with Crippen molar-refractivity contribution >= 4 is 35.8 Å². The number of halogens is 1. The van der Waals surface area contributed by atoms with Crippen LogP contribution in [0, 0.1) is 5.41 Å². The minimum absolute atomic E-state index is 0. The lowest BCUT2D eigenvalue weighted by Gasteiger charge is -2.29. The molecule has 0 radical (unpaired) electrons. The molecular formula is C17H33IN4O. The molecule has 0 spiro atoms. The van der Waals surface area contributed by atoms with Crippen molar-refractivity contribution in [1.29, 1.82) is 0 Å². The van der Waals surface area contributed by atoms with E-state index in [4.69, 9.17) is 0 Å². The van der Waals surface area contributed by atoms with Crippen molar-refractivity contribution in [3.05, 3.63) is 0 Å². The highest BCUT2D eigenvalue weighted by Gasteiger charge is 2.32. The summed E-state index contributed by atoms with van der Waals surface area (Å²) in [5, 5.41) is 7.01. The van der Waals surface area contributed by atoms with E-state index in [0.29, 0.717) is 17.9 Å². The normalized spacial score (nSPS) is 23.5. The van der Waals surface area contributed by atoms with Crippen LogP contribution in [-0.4, -0.2) is 49.5 Å². The first-order chi connectivity index (χ1) is 10.6. The number of rotatable bonds is 5. The minimum Gasteiger partial charge on any atom is -0.356 e. The lowest BCUT2D eigenvalue weighted by molar-refractivity contribution is -0.129. The molecule has 2 rings (SSSR count). The maximum Gasteiger partial charge on any atom is 0.222 e. The number of likely N-dealkylation sites (tertiary alicyclic amines) is 1. The summed E-state index contributed by atoms with van der Waals surface area (Å²) in [6.45, 7) is 6.89. The molecule has 1 aliphatic carbocycles. The first-order valence-corrected chi connectivity index (χ1v) is 8.87. The van der Waals surface area contributed by atoms with Crippen molar-refractivity contribution in [2.45, 2.75) is 64.8 Å². The summed E-state index contributed by atoms with van der Waals surface area (Å²) in [6, 6.07) is 0.322. The summed E-state index contributed by atoms with van der Waals surface area (Å²) in [5.74, 6) is 1.14. The third-order valence-corrected chi connectivity index (χ3v) is 5.45. The van der Waals surface area contributed by atoms with Gasteiger partial charge >= 0.3 is 0 Å². The fourth-order valence-corrected chi connectivity index (χ4v) is 3.77. The van der Waals surface area contributed by atoms with Crippen LogP contribution >= 0.6 is 24.0 Å². The monoisotopic (exact) mass is 436 g/mol. The predicted octanol–water partition coefficient (Wildman–Crippen LogP) is 2.75. The molecule has 2 fully saturated rings. The third-order valence-electron chi connectivity index (χ3n) is 5.45. The van der Waals surface area contributed by atoms with Gasteiger partial charge in [0, 0.05) is 39.1 Å². The second kappa shape index (κ2) is 9.69. The summed E-state index contributed by atoms with van der Waals surface area (Å²) in [4.78, 5) is 18.1.